The van der Waals surface area contributed by atoms with E-state index in [1.54, 1.807) is 30.3 Å². The van der Waals surface area contributed by atoms with Gasteiger partial charge in [0.2, 0.25) is 0 Å². The maximum Gasteiger partial charge on any atom is 0.261 e. The first-order chi connectivity index (χ1) is 9.38. The van der Waals surface area contributed by atoms with Gasteiger partial charge in [-0.25, -0.2) is 12.8 Å². The minimum absolute atomic E-state index is 0.334. The van der Waals surface area contributed by atoms with Crippen LogP contribution in [0.2, 0.25) is 0 Å². The van der Waals surface area contributed by atoms with Gasteiger partial charge >= 0.3 is 0 Å². The monoisotopic (exact) mass is 313 g/mol. The molecule has 20 heavy (non-hydrogen) atoms. The Bertz CT molecular complexity index is 747. The van der Waals surface area contributed by atoms with Gasteiger partial charge in [0.25, 0.3) is 15.0 Å². The van der Waals surface area contributed by atoms with E-state index in [1.165, 1.54) is 0 Å². The molecule has 0 spiro atoms. The highest BCUT2D eigenvalue weighted by molar-refractivity contribution is 8.13. The minimum atomic E-state index is -4.02. The van der Waals surface area contributed by atoms with Crippen LogP contribution in [0.25, 0.3) is 0 Å². The molecular formula is C13H9ClFNO3S. The zero-order valence-corrected chi connectivity index (χ0v) is 11.6. The fourth-order valence-electron chi connectivity index (χ4n) is 1.55. The van der Waals surface area contributed by atoms with Crippen LogP contribution in [0.3, 0.4) is 0 Å². The molecular weight excluding hydrogens is 305 g/mol. The Morgan fingerprint density at radius 1 is 1.10 bits per heavy atom. The Morgan fingerprint density at radius 2 is 1.75 bits per heavy atom. The summed E-state index contributed by atoms with van der Waals surface area (Å²) in [5.74, 6) is -1.58. The zero-order chi connectivity index (χ0) is 14.8. The molecule has 2 rings (SSSR count). The summed E-state index contributed by atoms with van der Waals surface area (Å²) >= 11 is 0. The number of anilines is 1. The number of para-hydroxylation sites is 1. The number of nitrogens with one attached hydrogen (secondary N) is 1. The molecule has 0 fully saturated rings. The van der Waals surface area contributed by atoms with Crippen molar-refractivity contribution in [3.8, 4) is 0 Å². The Labute approximate surface area is 119 Å². The quantitative estimate of drug-likeness (QED) is 0.886. The average molecular weight is 314 g/mol. The molecule has 0 aromatic heterocycles. The van der Waals surface area contributed by atoms with E-state index < -0.39 is 26.3 Å². The van der Waals surface area contributed by atoms with Crippen molar-refractivity contribution in [2.24, 2.45) is 0 Å². The first kappa shape index (κ1) is 14.5. The van der Waals surface area contributed by atoms with E-state index in [-0.39, 0.29) is 4.90 Å². The molecule has 2 aromatic rings. The Kier molecular flexibility index (Phi) is 4.06. The van der Waals surface area contributed by atoms with E-state index in [2.05, 4.69) is 5.32 Å². The first-order valence-electron chi connectivity index (χ1n) is 5.48. The van der Waals surface area contributed by atoms with Crippen molar-refractivity contribution in [2.75, 3.05) is 5.32 Å². The van der Waals surface area contributed by atoms with Crippen molar-refractivity contribution >= 4 is 31.3 Å². The summed E-state index contributed by atoms with van der Waals surface area (Å²) < 4.78 is 36.0. The van der Waals surface area contributed by atoms with E-state index in [9.17, 15) is 17.6 Å². The van der Waals surface area contributed by atoms with Gasteiger partial charge in [-0.05, 0) is 30.3 Å². The van der Waals surface area contributed by atoms with E-state index in [1.807, 2.05) is 0 Å². The number of carbonyl (C=O) groups excluding carboxylic acids is 1. The van der Waals surface area contributed by atoms with Gasteiger partial charge in [0.1, 0.15) is 5.82 Å². The molecule has 0 radical (unpaired) electrons. The van der Waals surface area contributed by atoms with Gasteiger partial charge in [-0.15, -0.1) is 0 Å². The van der Waals surface area contributed by atoms with Gasteiger partial charge < -0.3 is 5.32 Å². The highest BCUT2D eigenvalue weighted by Crippen LogP contribution is 2.19. The lowest BCUT2D eigenvalue weighted by Crippen LogP contribution is -2.14. The van der Waals surface area contributed by atoms with Crippen molar-refractivity contribution in [3.05, 3.63) is 59.9 Å². The van der Waals surface area contributed by atoms with Gasteiger partial charge in [0.05, 0.1) is 10.5 Å². The minimum Gasteiger partial charge on any atom is -0.322 e. The second-order valence-electron chi connectivity index (χ2n) is 3.90. The lowest BCUT2D eigenvalue weighted by atomic mass is 10.2. The fraction of sp³-hybridized carbons (Fsp3) is 0. The largest absolute Gasteiger partial charge is 0.322 e. The molecule has 1 N–H and O–H groups in total. The molecule has 0 bridgehead atoms. The second kappa shape index (κ2) is 5.60. The average Bonchev–Trinajstić information content (AvgIpc) is 2.39. The second-order valence-corrected chi connectivity index (χ2v) is 6.47. The topological polar surface area (TPSA) is 63.2 Å². The molecule has 0 aliphatic carbocycles. The van der Waals surface area contributed by atoms with Crippen LogP contribution < -0.4 is 5.32 Å². The molecule has 7 heteroatoms. The van der Waals surface area contributed by atoms with Gasteiger partial charge in [-0.2, -0.15) is 0 Å². The van der Waals surface area contributed by atoms with E-state index in [0.29, 0.717) is 5.69 Å². The summed E-state index contributed by atoms with van der Waals surface area (Å²) in [5, 5.41) is 2.46. The molecule has 0 saturated heterocycles. The van der Waals surface area contributed by atoms with Crippen molar-refractivity contribution in [3.63, 3.8) is 0 Å². The predicted molar refractivity (Wildman–Crippen MR) is 73.8 cm³/mol. The number of hydrogen-bond acceptors (Lipinski definition) is 3. The number of carbonyl (C=O) groups is 1. The molecule has 0 atom stereocenters. The van der Waals surface area contributed by atoms with Crippen LogP contribution in [0.5, 0.6) is 0 Å². The summed E-state index contributed by atoms with van der Waals surface area (Å²) in [7, 11) is 1.14. The molecule has 104 valence electrons. The molecule has 2 aromatic carbocycles. The smallest absolute Gasteiger partial charge is 0.261 e. The lowest BCUT2D eigenvalue weighted by molar-refractivity contribution is 0.102. The fourth-order valence-corrected chi connectivity index (χ4v) is 2.33. The van der Waals surface area contributed by atoms with E-state index >= 15 is 0 Å². The molecule has 4 nitrogen and oxygen atoms in total. The number of benzene rings is 2. The van der Waals surface area contributed by atoms with Crippen LogP contribution in [0, 0.1) is 5.82 Å². The number of halogens is 2. The highest BCUT2D eigenvalue weighted by Gasteiger charge is 2.17. The Hall–Kier alpha value is -1.92. The number of amides is 1. The Morgan fingerprint density at radius 3 is 2.35 bits per heavy atom. The molecule has 0 unspecified atom stereocenters. The van der Waals surface area contributed by atoms with Crippen molar-refractivity contribution in [1.29, 1.82) is 0 Å². The maximum absolute atomic E-state index is 13.6. The molecule has 0 heterocycles. The van der Waals surface area contributed by atoms with Crippen LogP contribution in [0.1, 0.15) is 10.4 Å². The van der Waals surface area contributed by atoms with Crippen LogP contribution in [0.4, 0.5) is 10.1 Å². The normalized spacial score (nSPS) is 11.1. The summed E-state index contributed by atoms with van der Waals surface area (Å²) in [5.41, 5.74) is 0.0756. The maximum atomic E-state index is 13.6. The molecule has 0 aliphatic heterocycles. The highest BCUT2D eigenvalue weighted by atomic mass is 35.7. The third-order valence-electron chi connectivity index (χ3n) is 2.50. The van der Waals surface area contributed by atoms with Crippen LogP contribution >= 0.6 is 10.7 Å². The van der Waals surface area contributed by atoms with Crippen LogP contribution in [-0.2, 0) is 9.05 Å². The predicted octanol–water partition coefficient (Wildman–Crippen LogP) is 3.01. The van der Waals surface area contributed by atoms with Gasteiger partial charge in [0, 0.05) is 16.4 Å². The third kappa shape index (κ3) is 3.34. The molecule has 1 amide bonds. The van der Waals surface area contributed by atoms with Crippen LogP contribution in [-0.4, -0.2) is 14.3 Å². The molecule has 0 saturated carbocycles. The molecule has 0 aliphatic rings. The summed E-state index contributed by atoms with van der Waals surface area (Å²) in [6.45, 7) is 0. The Balaban J connectivity index is 2.35. The van der Waals surface area contributed by atoms with Gasteiger partial charge in [-0.1, -0.05) is 18.2 Å². The zero-order valence-electron chi connectivity index (χ0n) is 10.0. The van der Waals surface area contributed by atoms with Crippen molar-refractivity contribution in [1.82, 2.24) is 0 Å². The van der Waals surface area contributed by atoms with Crippen molar-refractivity contribution in [2.45, 2.75) is 4.90 Å². The summed E-state index contributed by atoms with van der Waals surface area (Å²) in [6, 6.07) is 11.2. The summed E-state index contributed by atoms with van der Waals surface area (Å²) in [4.78, 5) is 11.6. The lowest BCUT2D eigenvalue weighted by Gasteiger charge is -2.07. The standard InChI is InChI=1S/C13H9ClFNO3S/c14-20(18,19)10-6-7-12(15)11(8-10)13(17)16-9-4-2-1-3-5-9/h1-8H,(H,16,17). The summed E-state index contributed by atoms with van der Waals surface area (Å²) in [6.07, 6.45) is 0. The third-order valence-corrected chi connectivity index (χ3v) is 3.85. The van der Waals surface area contributed by atoms with E-state index in [0.717, 1.165) is 18.2 Å². The van der Waals surface area contributed by atoms with Gasteiger partial charge in [-0.3, -0.25) is 4.79 Å². The number of hydrogen-bond donors (Lipinski definition) is 1. The SMILES string of the molecule is O=C(Nc1ccccc1)c1cc(S(=O)(=O)Cl)ccc1F. The van der Waals surface area contributed by atoms with Gasteiger partial charge in [0.15, 0.2) is 0 Å². The number of rotatable bonds is 3. The first-order valence-corrected chi connectivity index (χ1v) is 7.79. The van der Waals surface area contributed by atoms with Crippen LogP contribution in [0.15, 0.2) is 53.4 Å². The van der Waals surface area contributed by atoms with E-state index in [4.69, 9.17) is 10.7 Å². The van der Waals surface area contributed by atoms with Crippen molar-refractivity contribution < 1.29 is 17.6 Å².